The van der Waals surface area contributed by atoms with Crippen molar-refractivity contribution in [2.24, 2.45) is 0 Å². The molecule has 0 radical (unpaired) electrons. The molecule has 174 valence electrons. The van der Waals surface area contributed by atoms with Crippen molar-refractivity contribution in [1.82, 2.24) is 34.5 Å². The first-order valence-corrected chi connectivity index (χ1v) is 11.3. The maximum Gasteiger partial charge on any atom is 0.273 e. The van der Waals surface area contributed by atoms with Crippen molar-refractivity contribution < 1.29 is 4.79 Å². The summed E-state index contributed by atoms with van der Waals surface area (Å²) < 4.78 is 1.85. The molecule has 6 heterocycles. The van der Waals surface area contributed by atoms with E-state index in [0.29, 0.717) is 29.1 Å². The van der Waals surface area contributed by atoms with Crippen LogP contribution in [0.4, 0.5) is 23.4 Å². The second-order valence-electron chi connectivity index (χ2n) is 8.17. The normalized spacial score (nSPS) is 15.4. The minimum Gasteiger partial charge on any atom is -0.332 e. The van der Waals surface area contributed by atoms with E-state index in [4.69, 9.17) is 9.97 Å². The molecule has 0 spiro atoms. The smallest absolute Gasteiger partial charge is 0.273 e. The first kappa shape index (κ1) is 20.8. The average Bonchev–Trinajstić information content (AvgIpc) is 3.66. The van der Waals surface area contributed by atoms with Crippen molar-refractivity contribution in [1.29, 1.82) is 0 Å². The molecule has 35 heavy (non-hydrogen) atoms. The summed E-state index contributed by atoms with van der Waals surface area (Å²) in [5, 5.41) is 13.1. The van der Waals surface area contributed by atoms with Gasteiger partial charge in [0.05, 0.1) is 11.7 Å². The van der Waals surface area contributed by atoms with Gasteiger partial charge in [0.1, 0.15) is 11.3 Å². The predicted molar refractivity (Wildman–Crippen MR) is 131 cm³/mol. The summed E-state index contributed by atoms with van der Waals surface area (Å²) in [6.45, 7) is 0.847. The van der Waals surface area contributed by atoms with Crippen LogP contribution in [0.1, 0.15) is 35.1 Å². The fourth-order valence-corrected chi connectivity index (χ4v) is 4.27. The van der Waals surface area contributed by atoms with Crippen LogP contribution in [0.25, 0.3) is 5.65 Å². The number of rotatable bonds is 6. The molecule has 1 unspecified atom stereocenters. The second kappa shape index (κ2) is 8.86. The molecule has 11 heteroatoms. The summed E-state index contributed by atoms with van der Waals surface area (Å²) in [6.07, 6.45) is 8.95. The minimum absolute atomic E-state index is 0.121. The molecule has 11 nitrogen and oxygen atoms in total. The van der Waals surface area contributed by atoms with Gasteiger partial charge in [-0.2, -0.15) is 15.1 Å². The number of fused-ring (bicyclic) bond motifs is 1. The first-order chi connectivity index (χ1) is 17.2. The highest BCUT2D eigenvalue weighted by Crippen LogP contribution is 2.34. The molecule has 0 aromatic carbocycles. The Hall–Kier alpha value is -4.80. The molecule has 1 amide bonds. The Balaban J connectivity index is 1.27. The fourth-order valence-electron chi connectivity index (χ4n) is 4.27. The van der Waals surface area contributed by atoms with Crippen LogP contribution in [-0.2, 0) is 0 Å². The van der Waals surface area contributed by atoms with Crippen LogP contribution in [0, 0.1) is 0 Å². The van der Waals surface area contributed by atoms with E-state index in [0.717, 1.165) is 30.7 Å². The SMILES string of the molecule is O=C(Nc1ccncc1)c1cc(Nc2nc(N3CCCC3c3ccccn3)nc3cccn23)n[nH]1. The first-order valence-electron chi connectivity index (χ1n) is 11.3. The van der Waals surface area contributed by atoms with Crippen LogP contribution < -0.4 is 15.5 Å². The van der Waals surface area contributed by atoms with Crippen molar-refractivity contribution in [3.8, 4) is 0 Å². The number of nitrogens with zero attached hydrogens (tertiary/aromatic N) is 7. The summed E-state index contributed by atoms with van der Waals surface area (Å²) in [6, 6.07) is 15.0. The molecular formula is C24H22N10O. The molecule has 3 N–H and O–H groups in total. The zero-order valence-corrected chi connectivity index (χ0v) is 18.7. The highest BCUT2D eigenvalue weighted by Gasteiger charge is 2.29. The van der Waals surface area contributed by atoms with E-state index < -0.39 is 0 Å². The van der Waals surface area contributed by atoms with Gasteiger partial charge in [0.15, 0.2) is 5.82 Å². The summed E-state index contributed by atoms with van der Waals surface area (Å²) in [5.74, 6) is 1.33. The van der Waals surface area contributed by atoms with Gasteiger partial charge in [-0.05, 0) is 49.2 Å². The summed E-state index contributed by atoms with van der Waals surface area (Å²) >= 11 is 0. The number of carbonyl (C=O) groups excluding carboxylic acids is 1. The molecule has 1 aliphatic rings. The average molecular weight is 467 g/mol. The predicted octanol–water partition coefficient (Wildman–Crippen LogP) is 3.58. The zero-order chi connectivity index (χ0) is 23.6. The van der Waals surface area contributed by atoms with Crippen LogP contribution in [0.3, 0.4) is 0 Å². The number of hydrogen-bond donors (Lipinski definition) is 3. The van der Waals surface area contributed by atoms with Crippen molar-refractivity contribution in [3.05, 3.63) is 84.7 Å². The van der Waals surface area contributed by atoms with Crippen LogP contribution in [0.15, 0.2) is 73.3 Å². The van der Waals surface area contributed by atoms with Gasteiger partial charge >= 0.3 is 0 Å². The lowest BCUT2D eigenvalue weighted by Gasteiger charge is -2.24. The lowest BCUT2D eigenvalue weighted by molar-refractivity contribution is 0.102. The Bertz CT molecular complexity index is 1460. The van der Waals surface area contributed by atoms with Crippen LogP contribution >= 0.6 is 0 Å². The van der Waals surface area contributed by atoms with Gasteiger partial charge in [-0.3, -0.25) is 24.3 Å². The highest BCUT2D eigenvalue weighted by atomic mass is 16.1. The van der Waals surface area contributed by atoms with E-state index in [1.165, 1.54) is 0 Å². The number of pyridine rings is 2. The quantitative estimate of drug-likeness (QED) is 0.346. The molecule has 1 atom stereocenters. The van der Waals surface area contributed by atoms with Gasteiger partial charge in [-0.15, -0.1) is 0 Å². The van der Waals surface area contributed by atoms with Crippen molar-refractivity contribution in [2.45, 2.75) is 18.9 Å². The summed E-state index contributed by atoms with van der Waals surface area (Å²) in [4.78, 5) is 32.9. The number of hydrogen-bond acceptors (Lipinski definition) is 8. The number of carbonyl (C=O) groups is 1. The molecule has 0 bridgehead atoms. The van der Waals surface area contributed by atoms with Crippen LogP contribution in [-0.4, -0.2) is 47.0 Å². The van der Waals surface area contributed by atoms with Gasteiger partial charge in [0.2, 0.25) is 11.9 Å². The van der Waals surface area contributed by atoms with E-state index in [1.807, 2.05) is 47.1 Å². The molecule has 5 aromatic heterocycles. The Labute approximate surface area is 200 Å². The summed E-state index contributed by atoms with van der Waals surface area (Å²) in [5.41, 5.74) is 2.74. The van der Waals surface area contributed by atoms with Crippen molar-refractivity contribution in [3.63, 3.8) is 0 Å². The third-order valence-corrected chi connectivity index (χ3v) is 5.92. The standard InChI is InChI=1S/C24H22N10O/c35-22(27-16-8-11-25-12-9-16)18-15-20(32-31-18)28-23-30-24(29-21-7-4-14-34(21)23)33-13-3-6-19(33)17-5-1-2-10-26-17/h1-2,4-5,7-12,14-15,19H,3,6,13H2,(H,25,27,35)(H2,28,29,30,31,32). The Morgan fingerprint density at radius 3 is 2.83 bits per heavy atom. The van der Waals surface area contributed by atoms with E-state index in [-0.39, 0.29) is 11.9 Å². The lowest BCUT2D eigenvalue weighted by Crippen LogP contribution is -2.26. The van der Waals surface area contributed by atoms with Gasteiger partial charge < -0.3 is 15.5 Å². The van der Waals surface area contributed by atoms with Crippen LogP contribution in [0.5, 0.6) is 0 Å². The largest absolute Gasteiger partial charge is 0.332 e. The molecule has 0 saturated carbocycles. The molecule has 1 fully saturated rings. The van der Waals surface area contributed by atoms with Crippen molar-refractivity contribution >= 4 is 35.0 Å². The van der Waals surface area contributed by atoms with E-state index >= 15 is 0 Å². The Morgan fingerprint density at radius 2 is 1.97 bits per heavy atom. The fraction of sp³-hybridized carbons (Fsp3) is 0.167. The number of H-pyrrole nitrogens is 1. The zero-order valence-electron chi connectivity index (χ0n) is 18.7. The molecule has 1 saturated heterocycles. The third-order valence-electron chi connectivity index (χ3n) is 5.92. The van der Waals surface area contributed by atoms with Gasteiger partial charge in [0, 0.05) is 43.1 Å². The Morgan fingerprint density at radius 1 is 1.06 bits per heavy atom. The number of anilines is 4. The number of aromatic nitrogens is 7. The number of aromatic amines is 1. The van der Waals surface area contributed by atoms with Crippen LogP contribution in [0.2, 0.25) is 0 Å². The second-order valence-corrected chi connectivity index (χ2v) is 8.17. The van der Waals surface area contributed by atoms with E-state index in [9.17, 15) is 4.79 Å². The summed E-state index contributed by atoms with van der Waals surface area (Å²) in [7, 11) is 0. The van der Waals surface area contributed by atoms with E-state index in [2.05, 4.69) is 35.7 Å². The molecule has 1 aliphatic heterocycles. The van der Waals surface area contributed by atoms with E-state index in [1.54, 1.807) is 30.6 Å². The van der Waals surface area contributed by atoms with Gasteiger partial charge in [-0.1, -0.05) is 6.07 Å². The molecular weight excluding hydrogens is 444 g/mol. The number of nitrogens with one attached hydrogen (secondary N) is 3. The maximum atomic E-state index is 12.6. The maximum absolute atomic E-state index is 12.6. The monoisotopic (exact) mass is 466 g/mol. The van der Waals surface area contributed by atoms with Gasteiger partial charge in [0.25, 0.3) is 5.91 Å². The molecule has 5 aromatic rings. The lowest BCUT2D eigenvalue weighted by atomic mass is 10.1. The highest BCUT2D eigenvalue weighted by molar-refractivity contribution is 6.03. The number of amides is 1. The Kier molecular flexibility index (Phi) is 5.26. The third kappa shape index (κ3) is 4.14. The minimum atomic E-state index is -0.304. The van der Waals surface area contributed by atoms with Gasteiger partial charge in [-0.25, -0.2) is 0 Å². The molecule has 0 aliphatic carbocycles. The topological polar surface area (TPSA) is 129 Å². The van der Waals surface area contributed by atoms with Crippen molar-refractivity contribution in [2.75, 3.05) is 22.1 Å². The molecule has 6 rings (SSSR count).